The third-order valence-corrected chi connectivity index (χ3v) is 5.33. The number of nitro groups is 1. The average molecular weight is 379 g/mol. The summed E-state index contributed by atoms with van der Waals surface area (Å²) in [6, 6.07) is 7.25. The van der Waals surface area contributed by atoms with E-state index in [0.29, 0.717) is 36.0 Å². The van der Waals surface area contributed by atoms with Crippen molar-refractivity contribution >= 4 is 23.1 Å². The van der Waals surface area contributed by atoms with Crippen LogP contribution >= 0.6 is 11.6 Å². The molecule has 7 nitrogen and oxygen atoms in total. The number of aliphatic hydroxyl groups is 1. The van der Waals surface area contributed by atoms with E-state index in [9.17, 15) is 15.2 Å². The Morgan fingerprint density at radius 1 is 1.35 bits per heavy atom. The van der Waals surface area contributed by atoms with Crippen LogP contribution in [0.25, 0.3) is 0 Å². The van der Waals surface area contributed by atoms with Crippen LogP contribution < -0.4 is 4.90 Å². The summed E-state index contributed by atoms with van der Waals surface area (Å²) < 4.78 is 1.60. The summed E-state index contributed by atoms with van der Waals surface area (Å²) in [7, 11) is 1.75. The van der Waals surface area contributed by atoms with Crippen LogP contribution in [0.5, 0.6) is 0 Å². The Morgan fingerprint density at radius 3 is 2.50 bits per heavy atom. The second kappa shape index (κ2) is 7.63. The number of hydrogen-bond donors (Lipinski definition) is 1. The highest BCUT2D eigenvalue weighted by Crippen LogP contribution is 2.37. The van der Waals surface area contributed by atoms with Crippen LogP contribution in [0.2, 0.25) is 5.02 Å². The molecule has 0 bridgehead atoms. The first-order chi connectivity index (χ1) is 12.4. The van der Waals surface area contributed by atoms with E-state index in [1.807, 2.05) is 24.0 Å². The van der Waals surface area contributed by atoms with Crippen LogP contribution in [-0.4, -0.2) is 32.9 Å². The summed E-state index contributed by atoms with van der Waals surface area (Å²) in [6.45, 7) is 3.17. The van der Waals surface area contributed by atoms with Crippen LogP contribution in [0.3, 0.4) is 0 Å². The van der Waals surface area contributed by atoms with E-state index in [4.69, 9.17) is 11.6 Å². The molecule has 1 atom stereocenters. The molecule has 1 saturated heterocycles. The van der Waals surface area contributed by atoms with Gasteiger partial charge < -0.3 is 10.0 Å². The SMILES string of the molecule is CCc1nn(C)c(N2CCC(C(O)c3ccc(Cl)cc3)CC2)c1[N+](=O)[O-]. The number of rotatable bonds is 5. The molecule has 0 radical (unpaired) electrons. The highest BCUT2D eigenvalue weighted by molar-refractivity contribution is 6.30. The molecule has 0 amide bonds. The van der Waals surface area contributed by atoms with Crippen molar-refractivity contribution in [2.45, 2.75) is 32.3 Å². The largest absolute Gasteiger partial charge is 0.388 e. The molecular formula is C18H23ClN4O3. The van der Waals surface area contributed by atoms with E-state index in [0.717, 1.165) is 18.4 Å². The zero-order valence-electron chi connectivity index (χ0n) is 14.9. The first-order valence-electron chi connectivity index (χ1n) is 8.81. The summed E-state index contributed by atoms with van der Waals surface area (Å²) in [5, 5.41) is 27.1. The van der Waals surface area contributed by atoms with Gasteiger partial charge in [0.05, 0.1) is 11.0 Å². The number of nitrogens with zero attached hydrogens (tertiary/aromatic N) is 4. The molecule has 1 aromatic heterocycles. The van der Waals surface area contributed by atoms with Gasteiger partial charge in [-0.15, -0.1) is 0 Å². The van der Waals surface area contributed by atoms with Crippen molar-refractivity contribution in [1.29, 1.82) is 0 Å². The minimum atomic E-state index is -0.554. The van der Waals surface area contributed by atoms with E-state index >= 15 is 0 Å². The lowest BCUT2D eigenvalue weighted by atomic mass is 9.87. The summed E-state index contributed by atoms with van der Waals surface area (Å²) in [5.41, 5.74) is 1.47. The molecule has 1 N–H and O–H groups in total. The molecule has 0 aliphatic carbocycles. The quantitative estimate of drug-likeness (QED) is 0.635. The van der Waals surface area contributed by atoms with Gasteiger partial charge in [0.1, 0.15) is 5.69 Å². The van der Waals surface area contributed by atoms with Crippen LogP contribution in [0, 0.1) is 16.0 Å². The molecule has 140 valence electrons. The second-order valence-electron chi connectivity index (χ2n) is 6.67. The van der Waals surface area contributed by atoms with Gasteiger partial charge in [0.2, 0.25) is 5.82 Å². The zero-order valence-corrected chi connectivity index (χ0v) is 15.7. The van der Waals surface area contributed by atoms with E-state index < -0.39 is 6.10 Å². The molecule has 0 saturated carbocycles. The van der Waals surface area contributed by atoms with Gasteiger partial charge in [-0.3, -0.25) is 10.1 Å². The highest BCUT2D eigenvalue weighted by Gasteiger charge is 2.33. The Labute approximate surface area is 157 Å². The third kappa shape index (κ3) is 3.54. The summed E-state index contributed by atoms with van der Waals surface area (Å²) >= 11 is 5.91. The van der Waals surface area contributed by atoms with Gasteiger partial charge in [-0.1, -0.05) is 30.7 Å². The Bertz CT molecular complexity index is 782. The molecule has 1 aliphatic heterocycles. The maximum absolute atomic E-state index is 11.5. The van der Waals surface area contributed by atoms with Crippen molar-refractivity contribution in [3.8, 4) is 0 Å². The monoisotopic (exact) mass is 378 g/mol. The molecule has 3 rings (SSSR count). The number of halogens is 1. The fraction of sp³-hybridized carbons (Fsp3) is 0.500. The van der Waals surface area contributed by atoms with Crippen molar-refractivity contribution < 1.29 is 10.0 Å². The average Bonchev–Trinajstić information content (AvgIpc) is 2.98. The first-order valence-corrected chi connectivity index (χ1v) is 9.18. The van der Waals surface area contributed by atoms with Gasteiger partial charge in [-0.25, -0.2) is 4.68 Å². The number of aromatic nitrogens is 2. The topological polar surface area (TPSA) is 84.4 Å². The minimum Gasteiger partial charge on any atom is -0.388 e. The normalized spacial score (nSPS) is 16.7. The molecule has 2 heterocycles. The van der Waals surface area contributed by atoms with E-state index in [-0.39, 0.29) is 16.5 Å². The molecule has 1 unspecified atom stereocenters. The van der Waals surface area contributed by atoms with E-state index in [2.05, 4.69) is 5.10 Å². The highest BCUT2D eigenvalue weighted by atomic mass is 35.5. The third-order valence-electron chi connectivity index (χ3n) is 5.08. The van der Waals surface area contributed by atoms with E-state index in [1.165, 1.54) is 0 Å². The number of benzene rings is 1. The number of aryl methyl sites for hydroxylation is 2. The van der Waals surface area contributed by atoms with Crippen molar-refractivity contribution in [2.75, 3.05) is 18.0 Å². The predicted octanol–water partition coefficient (Wildman–Crippen LogP) is 3.49. The van der Waals surface area contributed by atoms with Crippen molar-refractivity contribution in [3.05, 3.63) is 50.7 Å². The lowest BCUT2D eigenvalue weighted by Gasteiger charge is -2.35. The maximum atomic E-state index is 11.5. The first kappa shape index (κ1) is 18.7. The molecular weight excluding hydrogens is 356 g/mol. The number of hydrogen-bond acceptors (Lipinski definition) is 5. The standard InChI is InChI=1S/C18H23ClN4O3/c1-3-15-16(23(25)26)18(21(2)20-15)22-10-8-13(9-11-22)17(24)12-4-6-14(19)7-5-12/h4-7,13,17,24H,3,8-11H2,1-2H3. The van der Waals surface area contributed by atoms with Gasteiger partial charge in [0, 0.05) is 25.2 Å². The van der Waals surface area contributed by atoms with Crippen LogP contribution in [0.1, 0.15) is 37.1 Å². The Kier molecular flexibility index (Phi) is 5.48. The number of anilines is 1. The van der Waals surface area contributed by atoms with Gasteiger partial charge in [-0.2, -0.15) is 5.10 Å². The zero-order chi connectivity index (χ0) is 18.8. The number of aliphatic hydroxyl groups excluding tert-OH is 1. The second-order valence-corrected chi connectivity index (χ2v) is 7.11. The number of piperidine rings is 1. The van der Waals surface area contributed by atoms with Crippen LogP contribution in [0.4, 0.5) is 11.5 Å². The Balaban J connectivity index is 1.74. The van der Waals surface area contributed by atoms with Crippen molar-refractivity contribution in [3.63, 3.8) is 0 Å². The molecule has 1 aliphatic rings. The van der Waals surface area contributed by atoms with Crippen molar-refractivity contribution in [2.24, 2.45) is 13.0 Å². The molecule has 0 spiro atoms. The summed E-state index contributed by atoms with van der Waals surface area (Å²) in [6.07, 6.45) is 1.49. The van der Waals surface area contributed by atoms with E-state index in [1.54, 1.807) is 23.9 Å². The Morgan fingerprint density at radius 2 is 1.96 bits per heavy atom. The molecule has 26 heavy (non-hydrogen) atoms. The lowest BCUT2D eigenvalue weighted by molar-refractivity contribution is -0.384. The van der Waals surface area contributed by atoms with Gasteiger partial charge in [0.25, 0.3) is 0 Å². The van der Waals surface area contributed by atoms with Crippen LogP contribution in [-0.2, 0) is 13.5 Å². The summed E-state index contributed by atoms with van der Waals surface area (Å²) in [5.74, 6) is 0.677. The minimum absolute atomic E-state index is 0.103. The fourth-order valence-corrected chi connectivity index (χ4v) is 3.82. The van der Waals surface area contributed by atoms with Crippen LogP contribution in [0.15, 0.2) is 24.3 Å². The fourth-order valence-electron chi connectivity index (χ4n) is 3.70. The molecule has 1 fully saturated rings. The lowest BCUT2D eigenvalue weighted by Crippen LogP contribution is -2.37. The Hall–Kier alpha value is -2.12. The molecule has 2 aromatic rings. The van der Waals surface area contributed by atoms with Gasteiger partial charge in [0.15, 0.2) is 0 Å². The maximum Gasteiger partial charge on any atom is 0.334 e. The van der Waals surface area contributed by atoms with Crippen molar-refractivity contribution in [1.82, 2.24) is 9.78 Å². The van der Waals surface area contributed by atoms with Gasteiger partial charge >= 0.3 is 5.69 Å². The molecule has 8 heteroatoms. The summed E-state index contributed by atoms with van der Waals surface area (Å²) in [4.78, 5) is 13.2. The molecule has 1 aromatic carbocycles. The van der Waals surface area contributed by atoms with Gasteiger partial charge in [-0.05, 0) is 42.9 Å². The smallest absolute Gasteiger partial charge is 0.334 e. The predicted molar refractivity (Wildman–Crippen MR) is 101 cm³/mol.